The van der Waals surface area contributed by atoms with Gasteiger partial charge in [0.05, 0.1) is 0 Å². The summed E-state index contributed by atoms with van der Waals surface area (Å²) in [6, 6.07) is 5.99. The van der Waals surface area contributed by atoms with E-state index < -0.39 is 0 Å². The summed E-state index contributed by atoms with van der Waals surface area (Å²) in [5.41, 5.74) is 7.60. The number of rotatable bonds is 8. The summed E-state index contributed by atoms with van der Waals surface area (Å²) in [5.74, 6) is 1.26. The predicted octanol–water partition coefficient (Wildman–Crippen LogP) is 4.03. The average molecular weight is 347 g/mol. The number of halogens is 1. The molecule has 0 aromatic heterocycles. The van der Waals surface area contributed by atoms with Crippen molar-refractivity contribution >= 4 is 50.6 Å². The zero-order valence-corrected chi connectivity index (χ0v) is 13.8. The Bertz CT molecular complexity index is 397. The maximum Gasteiger partial charge on any atom is 0.105 e. The van der Waals surface area contributed by atoms with Crippen molar-refractivity contribution in [1.82, 2.24) is 0 Å². The summed E-state index contributed by atoms with van der Waals surface area (Å²) in [4.78, 5) is 0.422. The number of thioether (sulfide) groups is 1. The Labute approximate surface area is 127 Å². The van der Waals surface area contributed by atoms with E-state index in [4.69, 9.17) is 18.0 Å². The smallest absolute Gasteiger partial charge is 0.105 e. The van der Waals surface area contributed by atoms with Gasteiger partial charge in [0.2, 0.25) is 0 Å². The Hall–Kier alpha value is -0.260. The lowest BCUT2D eigenvalue weighted by molar-refractivity contribution is 0.750. The van der Waals surface area contributed by atoms with Crippen LogP contribution in [0, 0.1) is 0 Å². The summed E-state index contributed by atoms with van der Waals surface area (Å²) in [5, 5.41) is 3.41. The van der Waals surface area contributed by atoms with E-state index in [2.05, 4.69) is 27.5 Å². The van der Waals surface area contributed by atoms with Gasteiger partial charge in [-0.2, -0.15) is 11.8 Å². The number of nitrogens with two attached hydrogens (primary N) is 1. The van der Waals surface area contributed by atoms with Crippen molar-refractivity contribution in [2.45, 2.75) is 19.3 Å². The minimum absolute atomic E-state index is 0.422. The molecule has 0 fully saturated rings. The number of anilines is 1. The first kappa shape index (κ1) is 15.8. The van der Waals surface area contributed by atoms with Crippen molar-refractivity contribution in [2.24, 2.45) is 5.73 Å². The summed E-state index contributed by atoms with van der Waals surface area (Å²) < 4.78 is 0.947. The largest absolute Gasteiger partial charge is 0.389 e. The Morgan fingerprint density at radius 2 is 2.17 bits per heavy atom. The molecule has 0 spiro atoms. The molecule has 100 valence electrons. The molecule has 0 radical (unpaired) electrons. The van der Waals surface area contributed by atoms with Gasteiger partial charge in [-0.3, -0.25) is 0 Å². The number of benzene rings is 1. The maximum atomic E-state index is 5.61. The Balaban J connectivity index is 2.35. The average Bonchev–Trinajstić information content (AvgIpc) is 2.33. The standard InChI is InChI=1S/C13H19BrN2S2/c1-18-8-4-2-3-7-16-10-5-6-11(13(15)17)12(14)9-10/h5-6,9,16H,2-4,7-8H2,1H3,(H2,15,17). The maximum absolute atomic E-state index is 5.61. The van der Waals surface area contributed by atoms with Crippen LogP contribution in [0.5, 0.6) is 0 Å². The summed E-state index contributed by atoms with van der Waals surface area (Å²) in [7, 11) is 0. The highest BCUT2D eigenvalue weighted by molar-refractivity contribution is 9.10. The van der Waals surface area contributed by atoms with Gasteiger partial charge < -0.3 is 11.1 Å². The molecule has 0 bridgehead atoms. The van der Waals surface area contributed by atoms with E-state index in [9.17, 15) is 0 Å². The Kier molecular flexibility index (Phi) is 7.70. The van der Waals surface area contributed by atoms with Crippen LogP contribution in [0.25, 0.3) is 0 Å². The number of thiocarbonyl (C=S) groups is 1. The Morgan fingerprint density at radius 3 is 2.78 bits per heavy atom. The molecular formula is C13H19BrN2S2. The van der Waals surface area contributed by atoms with E-state index in [-0.39, 0.29) is 0 Å². The molecule has 0 aliphatic carbocycles. The molecule has 0 aliphatic heterocycles. The molecule has 1 rings (SSSR count). The third kappa shape index (κ3) is 5.59. The minimum atomic E-state index is 0.422. The van der Waals surface area contributed by atoms with Gasteiger partial charge in [-0.25, -0.2) is 0 Å². The second-order valence-electron chi connectivity index (χ2n) is 4.04. The molecule has 5 heteroatoms. The van der Waals surface area contributed by atoms with E-state index in [1.54, 1.807) is 0 Å². The highest BCUT2D eigenvalue weighted by Gasteiger charge is 2.03. The van der Waals surface area contributed by atoms with Gasteiger partial charge in [-0.1, -0.05) is 18.6 Å². The molecule has 0 heterocycles. The van der Waals surface area contributed by atoms with Crippen LogP contribution in [-0.4, -0.2) is 23.5 Å². The van der Waals surface area contributed by atoms with E-state index in [0.29, 0.717) is 4.99 Å². The van der Waals surface area contributed by atoms with Gasteiger partial charge in [0.15, 0.2) is 0 Å². The lowest BCUT2D eigenvalue weighted by Gasteiger charge is -2.09. The first-order valence-corrected chi connectivity index (χ1v) is 8.57. The van der Waals surface area contributed by atoms with Gasteiger partial charge in [0.1, 0.15) is 4.99 Å². The predicted molar refractivity (Wildman–Crippen MR) is 90.8 cm³/mol. The van der Waals surface area contributed by atoms with Crippen LogP contribution < -0.4 is 11.1 Å². The quantitative estimate of drug-likeness (QED) is 0.550. The molecule has 0 atom stereocenters. The summed E-state index contributed by atoms with van der Waals surface area (Å²) >= 11 is 10.4. The monoisotopic (exact) mass is 346 g/mol. The molecule has 18 heavy (non-hydrogen) atoms. The lowest BCUT2D eigenvalue weighted by Crippen LogP contribution is -2.10. The van der Waals surface area contributed by atoms with Gasteiger partial charge in [-0.05, 0) is 59.0 Å². The van der Waals surface area contributed by atoms with Crippen LogP contribution in [0.2, 0.25) is 0 Å². The fourth-order valence-electron chi connectivity index (χ4n) is 1.61. The third-order valence-corrected chi connectivity index (χ3v) is 4.16. The van der Waals surface area contributed by atoms with Gasteiger partial charge in [-0.15, -0.1) is 0 Å². The van der Waals surface area contributed by atoms with E-state index >= 15 is 0 Å². The van der Waals surface area contributed by atoms with Gasteiger partial charge >= 0.3 is 0 Å². The van der Waals surface area contributed by atoms with E-state index in [1.165, 1.54) is 25.0 Å². The summed E-state index contributed by atoms with van der Waals surface area (Å²) in [6.45, 7) is 1.01. The number of unbranched alkanes of at least 4 members (excludes halogenated alkanes) is 2. The highest BCUT2D eigenvalue weighted by atomic mass is 79.9. The molecule has 3 N–H and O–H groups in total. The fraction of sp³-hybridized carbons (Fsp3) is 0.462. The Morgan fingerprint density at radius 1 is 1.39 bits per heavy atom. The lowest BCUT2D eigenvalue weighted by atomic mass is 10.2. The molecule has 1 aromatic rings. The number of hydrogen-bond acceptors (Lipinski definition) is 3. The van der Waals surface area contributed by atoms with Crippen molar-refractivity contribution in [2.75, 3.05) is 23.9 Å². The van der Waals surface area contributed by atoms with Crippen LogP contribution in [0.4, 0.5) is 5.69 Å². The van der Waals surface area contributed by atoms with Crippen LogP contribution in [0.1, 0.15) is 24.8 Å². The molecule has 0 aliphatic rings. The zero-order chi connectivity index (χ0) is 13.4. The van der Waals surface area contributed by atoms with Gasteiger partial charge in [0, 0.05) is 22.3 Å². The van der Waals surface area contributed by atoms with Crippen molar-refractivity contribution < 1.29 is 0 Å². The first-order chi connectivity index (χ1) is 8.65. The van der Waals surface area contributed by atoms with Crippen molar-refractivity contribution in [3.05, 3.63) is 28.2 Å². The van der Waals surface area contributed by atoms with Crippen LogP contribution in [-0.2, 0) is 0 Å². The molecular weight excluding hydrogens is 328 g/mol. The molecule has 1 aromatic carbocycles. The van der Waals surface area contributed by atoms with Crippen molar-refractivity contribution in [1.29, 1.82) is 0 Å². The minimum Gasteiger partial charge on any atom is -0.389 e. The SMILES string of the molecule is CSCCCCCNc1ccc(C(N)=S)c(Br)c1. The molecule has 2 nitrogen and oxygen atoms in total. The number of nitrogens with one attached hydrogen (secondary N) is 1. The second kappa shape index (κ2) is 8.77. The van der Waals surface area contributed by atoms with E-state index in [1.807, 2.05) is 30.0 Å². The van der Waals surface area contributed by atoms with E-state index in [0.717, 1.165) is 22.3 Å². The first-order valence-electron chi connectivity index (χ1n) is 5.97. The highest BCUT2D eigenvalue weighted by Crippen LogP contribution is 2.21. The normalized spacial score (nSPS) is 10.3. The van der Waals surface area contributed by atoms with Crippen molar-refractivity contribution in [3.8, 4) is 0 Å². The second-order valence-corrected chi connectivity index (χ2v) is 6.32. The molecule has 0 unspecified atom stereocenters. The molecule has 0 saturated heterocycles. The molecule has 0 amide bonds. The van der Waals surface area contributed by atoms with Crippen LogP contribution in [0.15, 0.2) is 22.7 Å². The number of hydrogen-bond donors (Lipinski definition) is 2. The van der Waals surface area contributed by atoms with Crippen LogP contribution >= 0.6 is 39.9 Å². The van der Waals surface area contributed by atoms with Crippen LogP contribution in [0.3, 0.4) is 0 Å². The fourth-order valence-corrected chi connectivity index (χ4v) is 3.00. The summed E-state index contributed by atoms with van der Waals surface area (Å²) in [6.07, 6.45) is 5.93. The molecule has 0 saturated carbocycles. The van der Waals surface area contributed by atoms with Gasteiger partial charge in [0.25, 0.3) is 0 Å². The zero-order valence-electron chi connectivity index (χ0n) is 10.5. The topological polar surface area (TPSA) is 38.0 Å². The third-order valence-electron chi connectivity index (χ3n) is 2.59. The van der Waals surface area contributed by atoms with Crippen molar-refractivity contribution in [3.63, 3.8) is 0 Å².